The second kappa shape index (κ2) is 9.47. The smallest absolute Gasteiger partial charge is 0.335 e. The van der Waals surface area contributed by atoms with Crippen LogP contribution in [-0.2, 0) is 13.2 Å². The number of carboxylic acids is 1. The molecule has 0 amide bonds. The lowest BCUT2D eigenvalue weighted by atomic mass is 10.1. The van der Waals surface area contributed by atoms with Crippen molar-refractivity contribution in [2.45, 2.75) is 20.1 Å². The van der Waals surface area contributed by atoms with E-state index >= 15 is 0 Å². The standard InChI is InChI=1S/C23H22BrNO4/c1-15-5-3-4-6-18(15)14-29-22-20(24)11-16(12-21(22)28-2)13-25-19-9-7-17(8-10-19)23(26)27/h3-12,25H,13-14H2,1-2H3,(H,26,27). The molecule has 150 valence electrons. The minimum atomic E-state index is -0.938. The molecule has 0 saturated carbocycles. The Bertz CT molecular complexity index is 1000. The quantitative estimate of drug-likeness (QED) is 0.458. The van der Waals surface area contributed by atoms with Crippen molar-refractivity contribution in [1.82, 2.24) is 0 Å². The van der Waals surface area contributed by atoms with Gasteiger partial charge in [-0.05, 0) is 75.9 Å². The topological polar surface area (TPSA) is 67.8 Å². The van der Waals surface area contributed by atoms with E-state index in [9.17, 15) is 4.79 Å². The van der Waals surface area contributed by atoms with Gasteiger partial charge in [-0.3, -0.25) is 0 Å². The highest BCUT2D eigenvalue weighted by Gasteiger charge is 2.13. The van der Waals surface area contributed by atoms with Crippen LogP contribution >= 0.6 is 15.9 Å². The van der Waals surface area contributed by atoms with E-state index in [4.69, 9.17) is 14.6 Å². The molecular formula is C23H22BrNO4. The first-order valence-electron chi connectivity index (χ1n) is 9.09. The van der Waals surface area contributed by atoms with Gasteiger partial charge in [0.25, 0.3) is 0 Å². The van der Waals surface area contributed by atoms with E-state index in [0.29, 0.717) is 24.7 Å². The van der Waals surface area contributed by atoms with E-state index in [-0.39, 0.29) is 5.56 Å². The molecule has 3 rings (SSSR count). The average molecular weight is 456 g/mol. The van der Waals surface area contributed by atoms with Crippen LogP contribution in [0.3, 0.4) is 0 Å². The van der Waals surface area contributed by atoms with E-state index in [1.165, 1.54) is 5.56 Å². The maximum absolute atomic E-state index is 10.9. The highest BCUT2D eigenvalue weighted by atomic mass is 79.9. The molecule has 0 heterocycles. The molecular weight excluding hydrogens is 434 g/mol. The minimum absolute atomic E-state index is 0.259. The van der Waals surface area contributed by atoms with Crippen molar-refractivity contribution in [3.05, 3.63) is 87.4 Å². The number of carboxylic acid groups (broad SMARTS) is 1. The van der Waals surface area contributed by atoms with Crippen molar-refractivity contribution in [3.8, 4) is 11.5 Å². The zero-order valence-electron chi connectivity index (χ0n) is 16.2. The summed E-state index contributed by atoms with van der Waals surface area (Å²) >= 11 is 3.58. The number of hydrogen-bond acceptors (Lipinski definition) is 4. The van der Waals surface area contributed by atoms with Gasteiger partial charge in [-0.2, -0.15) is 0 Å². The molecule has 2 N–H and O–H groups in total. The van der Waals surface area contributed by atoms with Gasteiger partial charge in [-0.15, -0.1) is 0 Å². The summed E-state index contributed by atoms with van der Waals surface area (Å²) < 4.78 is 12.4. The van der Waals surface area contributed by atoms with E-state index in [2.05, 4.69) is 34.2 Å². The summed E-state index contributed by atoms with van der Waals surface area (Å²) in [6.07, 6.45) is 0. The number of rotatable bonds is 8. The van der Waals surface area contributed by atoms with E-state index in [0.717, 1.165) is 21.3 Å². The van der Waals surface area contributed by atoms with Crippen molar-refractivity contribution in [2.75, 3.05) is 12.4 Å². The summed E-state index contributed by atoms with van der Waals surface area (Å²) in [6, 6.07) is 18.7. The summed E-state index contributed by atoms with van der Waals surface area (Å²) in [6.45, 7) is 3.07. The predicted octanol–water partition coefficient (Wildman–Crippen LogP) is 5.66. The van der Waals surface area contributed by atoms with Crippen molar-refractivity contribution < 1.29 is 19.4 Å². The van der Waals surface area contributed by atoms with Crippen molar-refractivity contribution >= 4 is 27.6 Å². The molecule has 0 aliphatic rings. The first kappa shape index (κ1) is 20.7. The fourth-order valence-corrected chi connectivity index (χ4v) is 3.48. The number of aryl methyl sites for hydroxylation is 1. The highest BCUT2D eigenvalue weighted by Crippen LogP contribution is 2.37. The number of benzene rings is 3. The lowest BCUT2D eigenvalue weighted by Gasteiger charge is -2.16. The Balaban J connectivity index is 1.70. The molecule has 0 atom stereocenters. The molecule has 5 nitrogen and oxygen atoms in total. The number of anilines is 1. The number of aromatic carboxylic acids is 1. The SMILES string of the molecule is COc1cc(CNc2ccc(C(=O)O)cc2)cc(Br)c1OCc1ccccc1C. The Labute approximate surface area is 178 Å². The van der Waals surface area contributed by atoms with Crippen LogP contribution in [0.5, 0.6) is 11.5 Å². The first-order chi connectivity index (χ1) is 14.0. The highest BCUT2D eigenvalue weighted by molar-refractivity contribution is 9.10. The molecule has 6 heteroatoms. The summed E-state index contributed by atoms with van der Waals surface area (Å²) in [7, 11) is 1.62. The Morgan fingerprint density at radius 3 is 2.48 bits per heavy atom. The third-order valence-electron chi connectivity index (χ3n) is 4.55. The molecule has 0 fully saturated rings. The van der Waals surface area contributed by atoms with Crippen LogP contribution in [0.15, 0.2) is 65.1 Å². The zero-order chi connectivity index (χ0) is 20.8. The summed E-state index contributed by atoms with van der Waals surface area (Å²) in [5.74, 6) is 0.364. The second-order valence-corrected chi connectivity index (χ2v) is 7.41. The molecule has 0 aliphatic heterocycles. The van der Waals surface area contributed by atoms with Gasteiger partial charge >= 0.3 is 5.97 Å². The summed E-state index contributed by atoms with van der Waals surface area (Å²) in [4.78, 5) is 10.9. The fourth-order valence-electron chi connectivity index (χ4n) is 2.87. The number of nitrogens with one attached hydrogen (secondary N) is 1. The maximum atomic E-state index is 10.9. The molecule has 0 spiro atoms. The fraction of sp³-hybridized carbons (Fsp3) is 0.174. The molecule has 0 unspecified atom stereocenters. The zero-order valence-corrected chi connectivity index (χ0v) is 17.8. The number of methoxy groups -OCH3 is 1. The maximum Gasteiger partial charge on any atom is 0.335 e. The van der Waals surface area contributed by atoms with Gasteiger partial charge in [0.15, 0.2) is 11.5 Å². The van der Waals surface area contributed by atoms with Gasteiger partial charge in [-0.1, -0.05) is 24.3 Å². The van der Waals surface area contributed by atoms with Crippen LogP contribution in [0.25, 0.3) is 0 Å². The number of hydrogen-bond donors (Lipinski definition) is 2. The number of ether oxygens (including phenoxy) is 2. The summed E-state index contributed by atoms with van der Waals surface area (Å²) in [5.41, 5.74) is 4.40. The molecule has 3 aromatic rings. The number of carbonyl (C=O) groups is 1. The van der Waals surface area contributed by atoms with Gasteiger partial charge in [0.2, 0.25) is 0 Å². The normalized spacial score (nSPS) is 10.4. The van der Waals surface area contributed by atoms with Crippen LogP contribution in [0.2, 0.25) is 0 Å². The monoisotopic (exact) mass is 455 g/mol. The van der Waals surface area contributed by atoms with Crippen LogP contribution in [0.4, 0.5) is 5.69 Å². The molecule has 0 radical (unpaired) electrons. The second-order valence-electron chi connectivity index (χ2n) is 6.56. The third-order valence-corrected chi connectivity index (χ3v) is 5.14. The Morgan fingerprint density at radius 1 is 1.10 bits per heavy atom. The van der Waals surface area contributed by atoms with Crippen LogP contribution in [0.1, 0.15) is 27.0 Å². The van der Waals surface area contributed by atoms with Crippen LogP contribution in [0, 0.1) is 6.92 Å². The Hall–Kier alpha value is -2.99. The molecule has 3 aromatic carbocycles. The Kier molecular flexibility index (Phi) is 6.77. The molecule has 29 heavy (non-hydrogen) atoms. The molecule has 0 bridgehead atoms. The van der Waals surface area contributed by atoms with Crippen LogP contribution < -0.4 is 14.8 Å². The van der Waals surface area contributed by atoms with Gasteiger partial charge in [-0.25, -0.2) is 4.79 Å². The Morgan fingerprint density at radius 2 is 1.83 bits per heavy atom. The minimum Gasteiger partial charge on any atom is -0.493 e. The van der Waals surface area contributed by atoms with Crippen LogP contribution in [-0.4, -0.2) is 18.2 Å². The summed E-state index contributed by atoms with van der Waals surface area (Å²) in [5, 5.41) is 12.3. The van der Waals surface area contributed by atoms with Gasteiger partial charge < -0.3 is 19.9 Å². The molecule has 0 aliphatic carbocycles. The number of halogens is 1. The van der Waals surface area contributed by atoms with E-state index < -0.39 is 5.97 Å². The predicted molar refractivity (Wildman–Crippen MR) is 117 cm³/mol. The largest absolute Gasteiger partial charge is 0.493 e. The van der Waals surface area contributed by atoms with Gasteiger partial charge in [0.1, 0.15) is 6.61 Å². The third kappa shape index (κ3) is 5.29. The van der Waals surface area contributed by atoms with Gasteiger partial charge in [0, 0.05) is 12.2 Å². The lowest BCUT2D eigenvalue weighted by Crippen LogP contribution is -2.04. The van der Waals surface area contributed by atoms with Crippen molar-refractivity contribution in [1.29, 1.82) is 0 Å². The first-order valence-corrected chi connectivity index (χ1v) is 9.88. The average Bonchev–Trinajstić information content (AvgIpc) is 2.72. The van der Waals surface area contributed by atoms with Crippen molar-refractivity contribution in [2.24, 2.45) is 0 Å². The molecule has 0 aromatic heterocycles. The van der Waals surface area contributed by atoms with E-state index in [1.807, 2.05) is 30.3 Å². The van der Waals surface area contributed by atoms with Crippen molar-refractivity contribution in [3.63, 3.8) is 0 Å². The lowest BCUT2D eigenvalue weighted by molar-refractivity contribution is 0.0697. The molecule has 0 saturated heterocycles. The van der Waals surface area contributed by atoms with Gasteiger partial charge in [0.05, 0.1) is 17.1 Å². The van der Waals surface area contributed by atoms with E-state index in [1.54, 1.807) is 31.4 Å².